The van der Waals surface area contributed by atoms with E-state index in [0.717, 1.165) is 6.61 Å². The summed E-state index contributed by atoms with van der Waals surface area (Å²) in [4.78, 5) is 0. The molecule has 0 aliphatic carbocycles. The van der Waals surface area contributed by atoms with Crippen LogP contribution in [0.15, 0.2) is 0 Å². The van der Waals surface area contributed by atoms with Gasteiger partial charge >= 0.3 is 0 Å². The lowest BCUT2D eigenvalue weighted by molar-refractivity contribution is -0.0492. The minimum Gasteiger partial charge on any atom is -0.389 e. The molecule has 4 heteroatoms. The molecule has 0 saturated carbocycles. The van der Waals surface area contributed by atoms with E-state index >= 15 is 0 Å². The summed E-state index contributed by atoms with van der Waals surface area (Å²) < 4.78 is 11.0. The molecule has 0 heterocycles. The first kappa shape index (κ1) is 17.8. The first-order valence-corrected chi connectivity index (χ1v) is 6.89. The van der Waals surface area contributed by atoms with Crippen LogP contribution in [0.4, 0.5) is 0 Å². The van der Waals surface area contributed by atoms with Crippen LogP contribution < -0.4 is 5.32 Å². The average Bonchev–Trinajstić information content (AvgIpc) is 2.25. The van der Waals surface area contributed by atoms with Gasteiger partial charge in [0.1, 0.15) is 0 Å². The molecule has 4 nitrogen and oxygen atoms in total. The van der Waals surface area contributed by atoms with Gasteiger partial charge in [0.25, 0.3) is 0 Å². The number of nitrogens with one attached hydrogen (secondary N) is 1. The van der Waals surface area contributed by atoms with E-state index in [-0.39, 0.29) is 11.6 Å². The zero-order chi connectivity index (χ0) is 14.2. The van der Waals surface area contributed by atoms with Crippen molar-refractivity contribution in [2.75, 3.05) is 26.4 Å². The third-order valence-corrected chi connectivity index (χ3v) is 2.63. The van der Waals surface area contributed by atoms with Crippen LogP contribution in [0.2, 0.25) is 0 Å². The first-order valence-electron chi connectivity index (χ1n) is 6.89. The van der Waals surface area contributed by atoms with Crippen LogP contribution in [0.5, 0.6) is 0 Å². The van der Waals surface area contributed by atoms with Gasteiger partial charge in [-0.2, -0.15) is 0 Å². The minimum absolute atomic E-state index is 0.205. The molecular formula is C14H31NO3. The van der Waals surface area contributed by atoms with Crippen molar-refractivity contribution >= 4 is 0 Å². The van der Waals surface area contributed by atoms with Gasteiger partial charge in [-0.25, -0.2) is 0 Å². The van der Waals surface area contributed by atoms with Crippen molar-refractivity contribution in [3.8, 4) is 0 Å². The predicted octanol–water partition coefficient (Wildman–Crippen LogP) is 1.81. The van der Waals surface area contributed by atoms with Crippen molar-refractivity contribution in [3.05, 3.63) is 0 Å². The van der Waals surface area contributed by atoms with Crippen molar-refractivity contribution < 1.29 is 14.6 Å². The van der Waals surface area contributed by atoms with E-state index in [4.69, 9.17) is 9.47 Å². The van der Waals surface area contributed by atoms with Gasteiger partial charge in [0.2, 0.25) is 0 Å². The van der Waals surface area contributed by atoms with E-state index in [0.29, 0.717) is 25.7 Å². The maximum atomic E-state index is 9.84. The predicted molar refractivity (Wildman–Crippen MR) is 74.8 cm³/mol. The quantitative estimate of drug-likeness (QED) is 0.664. The van der Waals surface area contributed by atoms with Crippen LogP contribution in [0.1, 0.15) is 41.5 Å². The smallest absolute Gasteiger partial charge is 0.0898 e. The van der Waals surface area contributed by atoms with Crippen LogP contribution in [0.3, 0.4) is 0 Å². The zero-order valence-electron chi connectivity index (χ0n) is 12.8. The second-order valence-corrected chi connectivity index (χ2v) is 6.00. The normalized spacial score (nSPS) is 16.0. The fourth-order valence-corrected chi connectivity index (χ4v) is 1.42. The van der Waals surface area contributed by atoms with Gasteiger partial charge in [-0.15, -0.1) is 0 Å². The van der Waals surface area contributed by atoms with Gasteiger partial charge in [0.15, 0.2) is 0 Å². The Labute approximate surface area is 112 Å². The van der Waals surface area contributed by atoms with Crippen molar-refractivity contribution in [1.29, 1.82) is 0 Å². The summed E-state index contributed by atoms with van der Waals surface area (Å²) in [6.45, 7) is 14.5. The Kier molecular flexibility index (Phi) is 8.78. The summed E-state index contributed by atoms with van der Waals surface area (Å²) in [6.07, 6.45) is -0.480. The van der Waals surface area contributed by atoms with Crippen LogP contribution in [-0.4, -0.2) is 49.2 Å². The lowest BCUT2D eigenvalue weighted by Gasteiger charge is -2.25. The standard InChI is InChI=1S/C14H31NO3/c1-7-17-10-13(11(2)3)15-8-12(16)9-18-14(4,5)6/h11-13,15-16H,7-10H2,1-6H3. The summed E-state index contributed by atoms with van der Waals surface area (Å²) in [6, 6.07) is 0.272. The highest BCUT2D eigenvalue weighted by atomic mass is 16.5. The summed E-state index contributed by atoms with van der Waals surface area (Å²) >= 11 is 0. The second kappa shape index (κ2) is 8.86. The lowest BCUT2D eigenvalue weighted by Crippen LogP contribution is -2.43. The van der Waals surface area contributed by atoms with E-state index in [2.05, 4.69) is 19.2 Å². The molecular weight excluding hydrogens is 230 g/mol. The van der Waals surface area contributed by atoms with Crippen LogP contribution in [0, 0.1) is 5.92 Å². The number of hydrogen-bond donors (Lipinski definition) is 2. The third kappa shape index (κ3) is 9.83. The van der Waals surface area contributed by atoms with E-state index < -0.39 is 6.10 Å². The Morgan fingerprint density at radius 1 is 1.17 bits per heavy atom. The maximum absolute atomic E-state index is 9.84. The summed E-state index contributed by atoms with van der Waals surface area (Å²) in [7, 11) is 0. The molecule has 0 aliphatic heterocycles. The molecule has 2 unspecified atom stereocenters. The Morgan fingerprint density at radius 3 is 2.22 bits per heavy atom. The van der Waals surface area contributed by atoms with Crippen molar-refractivity contribution in [2.45, 2.75) is 59.3 Å². The minimum atomic E-state index is -0.480. The number of rotatable bonds is 9. The van der Waals surface area contributed by atoms with Crippen LogP contribution >= 0.6 is 0 Å². The highest BCUT2D eigenvalue weighted by Crippen LogP contribution is 2.07. The zero-order valence-corrected chi connectivity index (χ0v) is 12.8. The molecule has 0 aromatic carbocycles. The molecule has 0 rings (SSSR count). The Hall–Kier alpha value is -0.160. The second-order valence-electron chi connectivity index (χ2n) is 6.00. The van der Waals surface area contributed by atoms with Crippen LogP contribution in [0.25, 0.3) is 0 Å². The topological polar surface area (TPSA) is 50.7 Å². The van der Waals surface area contributed by atoms with E-state index in [9.17, 15) is 5.11 Å². The van der Waals surface area contributed by atoms with Gasteiger partial charge in [-0.1, -0.05) is 13.8 Å². The largest absolute Gasteiger partial charge is 0.389 e. The molecule has 0 spiro atoms. The number of aliphatic hydroxyl groups is 1. The average molecular weight is 261 g/mol. The molecule has 2 N–H and O–H groups in total. The molecule has 2 atom stereocenters. The molecule has 0 amide bonds. The maximum Gasteiger partial charge on any atom is 0.0898 e. The molecule has 0 saturated heterocycles. The van der Waals surface area contributed by atoms with Crippen LogP contribution in [-0.2, 0) is 9.47 Å². The monoisotopic (exact) mass is 261 g/mol. The van der Waals surface area contributed by atoms with Gasteiger partial charge in [0, 0.05) is 19.2 Å². The fourth-order valence-electron chi connectivity index (χ4n) is 1.42. The lowest BCUT2D eigenvalue weighted by atomic mass is 10.1. The van der Waals surface area contributed by atoms with Crippen molar-refractivity contribution in [1.82, 2.24) is 5.32 Å². The van der Waals surface area contributed by atoms with E-state index in [1.54, 1.807) is 0 Å². The number of ether oxygens (including phenoxy) is 2. The van der Waals surface area contributed by atoms with Gasteiger partial charge in [-0.3, -0.25) is 0 Å². The molecule has 110 valence electrons. The van der Waals surface area contributed by atoms with Gasteiger partial charge < -0.3 is 19.9 Å². The molecule has 0 bridgehead atoms. The van der Waals surface area contributed by atoms with Crippen molar-refractivity contribution in [2.24, 2.45) is 5.92 Å². The van der Waals surface area contributed by atoms with Crippen molar-refractivity contribution in [3.63, 3.8) is 0 Å². The Balaban J connectivity index is 3.88. The molecule has 0 aromatic heterocycles. The number of hydrogen-bond acceptors (Lipinski definition) is 4. The molecule has 0 aromatic rings. The van der Waals surface area contributed by atoms with Gasteiger partial charge in [-0.05, 0) is 33.6 Å². The fraction of sp³-hybridized carbons (Fsp3) is 1.00. The van der Waals surface area contributed by atoms with Gasteiger partial charge in [0.05, 0.1) is 24.9 Å². The first-order chi connectivity index (χ1) is 8.26. The van der Waals surface area contributed by atoms with E-state index in [1.807, 2.05) is 27.7 Å². The summed E-state index contributed by atoms with van der Waals surface area (Å²) in [5, 5.41) is 13.2. The summed E-state index contributed by atoms with van der Waals surface area (Å²) in [5.41, 5.74) is -0.205. The Morgan fingerprint density at radius 2 is 1.78 bits per heavy atom. The number of aliphatic hydroxyl groups excluding tert-OH is 1. The summed E-state index contributed by atoms with van der Waals surface area (Å²) in [5.74, 6) is 0.479. The molecule has 18 heavy (non-hydrogen) atoms. The molecule has 0 aliphatic rings. The van der Waals surface area contributed by atoms with E-state index in [1.165, 1.54) is 0 Å². The third-order valence-electron chi connectivity index (χ3n) is 2.63. The highest BCUT2D eigenvalue weighted by Gasteiger charge is 2.17. The SMILES string of the molecule is CCOCC(NCC(O)COC(C)(C)C)C(C)C. The molecule has 0 fully saturated rings. The highest BCUT2D eigenvalue weighted by molar-refractivity contribution is 4.73. The molecule has 0 radical (unpaired) electrons. The Bertz CT molecular complexity index is 202.